The van der Waals surface area contributed by atoms with Gasteiger partial charge in [-0.25, -0.2) is 13.6 Å². The van der Waals surface area contributed by atoms with Crippen LogP contribution in [0.25, 0.3) is 0 Å². The van der Waals surface area contributed by atoms with Gasteiger partial charge in [0.25, 0.3) is 5.91 Å². The summed E-state index contributed by atoms with van der Waals surface area (Å²) in [5, 5.41) is 2.47. The van der Waals surface area contributed by atoms with E-state index in [1.165, 1.54) is 26.2 Å². The quantitative estimate of drug-likeness (QED) is 0.784. The molecule has 1 atom stereocenters. The Morgan fingerprint density at radius 1 is 1.10 bits per heavy atom. The number of halogens is 2. The van der Waals surface area contributed by atoms with Crippen molar-refractivity contribution in [2.45, 2.75) is 51.0 Å². The molecule has 0 radical (unpaired) electrons. The molecular formula is C22H24F2N2O3. The zero-order valence-corrected chi connectivity index (χ0v) is 16.3. The highest BCUT2D eigenvalue weighted by atomic mass is 19.1. The van der Waals surface area contributed by atoms with E-state index < -0.39 is 34.5 Å². The van der Waals surface area contributed by atoms with E-state index in [9.17, 15) is 23.2 Å². The monoisotopic (exact) mass is 402 g/mol. The molecule has 6 rings (SSSR count). The molecule has 1 saturated heterocycles. The first-order valence-corrected chi connectivity index (χ1v) is 10.3. The Morgan fingerprint density at radius 3 is 2.28 bits per heavy atom. The second-order valence-corrected chi connectivity index (χ2v) is 9.69. The van der Waals surface area contributed by atoms with Crippen molar-refractivity contribution in [3.8, 4) is 0 Å². The van der Waals surface area contributed by atoms with Gasteiger partial charge in [-0.05, 0) is 81.4 Å². The lowest BCUT2D eigenvalue weighted by Gasteiger charge is -2.56. The van der Waals surface area contributed by atoms with Crippen LogP contribution in [0.15, 0.2) is 18.2 Å². The lowest BCUT2D eigenvalue weighted by atomic mass is 9.48. The largest absolute Gasteiger partial charge is 0.325 e. The number of carbonyl (C=O) groups is 3. The fourth-order valence-electron chi connectivity index (χ4n) is 6.67. The van der Waals surface area contributed by atoms with E-state index in [-0.39, 0.29) is 17.9 Å². The molecule has 4 saturated carbocycles. The van der Waals surface area contributed by atoms with Crippen molar-refractivity contribution in [1.29, 1.82) is 0 Å². The van der Waals surface area contributed by atoms with Gasteiger partial charge in [0.1, 0.15) is 17.2 Å². The zero-order chi connectivity index (χ0) is 20.6. The number of Topliss-reactive ketones (excluding diaryl/α,β-unsaturated/α-hetero) is 1. The maximum Gasteiger partial charge on any atom is 0.325 e. The summed E-state index contributed by atoms with van der Waals surface area (Å²) in [6, 6.07) is 2.06. The normalized spacial score (nSPS) is 37.9. The van der Waals surface area contributed by atoms with Gasteiger partial charge in [0, 0.05) is 11.0 Å². The van der Waals surface area contributed by atoms with E-state index in [1.807, 2.05) is 0 Å². The number of ketones is 1. The van der Waals surface area contributed by atoms with Crippen LogP contribution in [-0.4, -0.2) is 29.2 Å². The van der Waals surface area contributed by atoms with Crippen LogP contribution in [0, 0.1) is 34.8 Å². The number of benzene rings is 1. The van der Waals surface area contributed by atoms with Gasteiger partial charge >= 0.3 is 6.03 Å². The van der Waals surface area contributed by atoms with Gasteiger partial charge in [0.2, 0.25) is 0 Å². The van der Waals surface area contributed by atoms with E-state index in [1.54, 1.807) is 0 Å². The first kappa shape index (κ1) is 18.7. The molecule has 7 heteroatoms. The summed E-state index contributed by atoms with van der Waals surface area (Å²) < 4.78 is 28.0. The van der Waals surface area contributed by atoms with Crippen molar-refractivity contribution in [2.75, 3.05) is 6.54 Å². The minimum atomic E-state index is -1.73. The van der Waals surface area contributed by atoms with Gasteiger partial charge < -0.3 is 5.32 Å². The third kappa shape index (κ3) is 2.73. The van der Waals surface area contributed by atoms with Crippen molar-refractivity contribution in [2.24, 2.45) is 23.2 Å². The van der Waals surface area contributed by atoms with Crippen LogP contribution in [0.1, 0.15) is 51.0 Å². The standard InChI is InChI=1S/C22H24F2N2O3/c1-21(16-7-15(23)2-3-17(16)24)19(28)26(20(29)25-21)11-18(27)22-8-12-4-13(9-22)6-14(5-12)10-22/h2-3,7,12-14H,4-6,8-11H2,1H3,(H,25,29). The highest BCUT2D eigenvalue weighted by Crippen LogP contribution is 2.60. The van der Waals surface area contributed by atoms with E-state index in [0.29, 0.717) is 17.8 Å². The van der Waals surface area contributed by atoms with Crippen molar-refractivity contribution in [3.63, 3.8) is 0 Å². The number of nitrogens with one attached hydrogen (secondary N) is 1. The zero-order valence-electron chi connectivity index (χ0n) is 16.3. The van der Waals surface area contributed by atoms with Crippen LogP contribution < -0.4 is 5.32 Å². The smallest absolute Gasteiger partial charge is 0.319 e. The number of imide groups is 1. The number of rotatable bonds is 4. The summed E-state index contributed by atoms with van der Waals surface area (Å²) in [5.74, 6) is -0.557. The predicted octanol–water partition coefficient (Wildman–Crippen LogP) is 3.52. The second-order valence-electron chi connectivity index (χ2n) is 9.69. The number of nitrogens with zero attached hydrogens (tertiary/aromatic N) is 1. The summed E-state index contributed by atoms with van der Waals surface area (Å²) in [6.07, 6.45) is 6.09. The number of hydrogen-bond acceptors (Lipinski definition) is 3. The Kier molecular flexibility index (Phi) is 3.93. The summed E-state index contributed by atoms with van der Waals surface area (Å²) in [4.78, 5) is 39.8. The number of amides is 3. The van der Waals surface area contributed by atoms with Gasteiger partial charge in [-0.15, -0.1) is 0 Å². The van der Waals surface area contributed by atoms with E-state index in [4.69, 9.17) is 0 Å². The van der Waals surface area contributed by atoms with Crippen molar-refractivity contribution in [3.05, 3.63) is 35.4 Å². The minimum absolute atomic E-state index is 0.0657. The van der Waals surface area contributed by atoms with Gasteiger partial charge in [0.05, 0.1) is 6.54 Å². The molecule has 1 unspecified atom stereocenters. The SMILES string of the molecule is CC1(c2cc(F)ccc2F)NC(=O)N(CC(=O)C23CC4CC(CC(C4)C2)C3)C1=O. The van der Waals surface area contributed by atoms with Gasteiger partial charge in [-0.1, -0.05) is 0 Å². The highest BCUT2D eigenvalue weighted by molar-refractivity contribution is 6.09. The van der Waals surface area contributed by atoms with Crippen molar-refractivity contribution in [1.82, 2.24) is 10.2 Å². The third-order valence-electron chi connectivity index (χ3n) is 7.67. The molecule has 5 aliphatic rings. The first-order valence-electron chi connectivity index (χ1n) is 10.3. The number of carbonyl (C=O) groups excluding carboxylic acids is 3. The minimum Gasteiger partial charge on any atom is -0.319 e. The van der Waals surface area contributed by atoms with E-state index >= 15 is 0 Å². The average Bonchev–Trinajstić information content (AvgIpc) is 2.86. The molecule has 0 aromatic heterocycles. The molecule has 29 heavy (non-hydrogen) atoms. The molecule has 1 aromatic rings. The third-order valence-corrected chi connectivity index (χ3v) is 7.67. The van der Waals surface area contributed by atoms with Crippen LogP contribution in [-0.2, 0) is 15.1 Å². The molecule has 1 aromatic carbocycles. The topological polar surface area (TPSA) is 66.5 Å². The van der Waals surface area contributed by atoms with Crippen molar-refractivity contribution < 1.29 is 23.2 Å². The molecule has 154 valence electrons. The lowest BCUT2D eigenvalue weighted by molar-refractivity contribution is -0.147. The van der Waals surface area contributed by atoms with Crippen molar-refractivity contribution >= 4 is 17.7 Å². The highest BCUT2D eigenvalue weighted by Gasteiger charge is 2.56. The van der Waals surface area contributed by atoms with Crippen LogP contribution in [0.2, 0.25) is 0 Å². The van der Waals surface area contributed by atoms with Gasteiger partial charge in [-0.3, -0.25) is 14.5 Å². The summed E-state index contributed by atoms with van der Waals surface area (Å²) in [6.45, 7) is 1.05. The maximum absolute atomic E-state index is 14.3. The molecule has 1 N–H and O–H groups in total. The maximum atomic E-state index is 14.3. The molecule has 5 nitrogen and oxygen atoms in total. The van der Waals surface area contributed by atoms with E-state index in [2.05, 4.69) is 5.32 Å². The first-order chi connectivity index (χ1) is 13.7. The second kappa shape index (κ2) is 6.09. The Morgan fingerprint density at radius 2 is 1.69 bits per heavy atom. The molecule has 4 bridgehead atoms. The number of urea groups is 1. The van der Waals surface area contributed by atoms with Gasteiger partial charge in [-0.2, -0.15) is 0 Å². The van der Waals surface area contributed by atoms with Crippen LogP contribution in [0.4, 0.5) is 13.6 Å². The Balaban J connectivity index is 1.40. The fraction of sp³-hybridized carbons (Fsp3) is 0.591. The Hall–Kier alpha value is -2.31. The Bertz CT molecular complexity index is 895. The Labute approximate surface area is 167 Å². The summed E-state index contributed by atoms with van der Waals surface area (Å²) >= 11 is 0. The molecule has 4 aliphatic carbocycles. The molecule has 3 amide bonds. The lowest BCUT2D eigenvalue weighted by Crippen LogP contribution is -2.53. The van der Waals surface area contributed by atoms with Crippen LogP contribution >= 0.6 is 0 Å². The molecule has 0 spiro atoms. The molecular weight excluding hydrogens is 378 g/mol. The van der Waals surface area contributed by atoms with Crippen LogP contribution in [0.5, 0.6) is 0 Å². The number of hydrogen-bond donors (Lipinski definition) is 1. The fourth-order valence-corrected chi connectivity index (χ4v) is 6.67. The van der Waals surface area contributed by atoms with Gasteiger partial charge in [0.15, 0.2) is 5.78 Å². The predicted molar refractivity (Wildman–Crippen MR) is 99.6 cm³/mol. The molecule has 1 aliphatic heterocycles. The summed E-state index contributed by atoms with van der Waals surface area (Å²) in [5.41, 5.74) is -2.40. The summed E-state index contributed by atoms with van der Waals surface area (Å²) in [7, 11) is 0. The molecule has 5 fully saturated rings. The van der Waals surface area contributed by atoms with Crippen LogP contribution in [0.3, 0.4) is 0 Å². The average molecular weight is 402 g/mol. The van der Waals surface area contributed by atoms with E-state index in [0.717, 1.165) is 42.4 Å². The molecule has 1 heterocycles.